The minimum Gasteiger partial charge on any atom is -0.468 e. The highest BCUT2D eigenvalue weighted by molar-refractivity contribution is 5.85. The molecule has 2 N–H and O–H groups in total. The van der Waals surface area contributed by atoms with E-state index >= 15 is 0 Å². The van der Waals surface area contributed by atoms with E-state index in [4.69, 9.17) is 10.5 Å². The van der Waals surface area contributed by atoms with Crippen molar-refractivity contribution in [1.82, 2.24) is 0 Å². The van der Waals surface area contributed by atoms with Crippen molar-refractivity contribution in [2.45, 2.75) is 25.5 Å². The highest BCUT2D eigenvalue weighted by Crippen LogP contribution is 2.04. The van der Waals surface area contributed by atoms with E-state index in [0.29, 0.717) is 0 Å². The van der Waals surface area contributed by atoms with Gasteiger partial charge < -0.3 is 15.2 Å². The first-order chi connectivity index (χ1) is 8.63. The van der Waals surface area contributed by atoms with Crippen LogP contribution in [0.2, 0.25) is 0 Å². The molecule has 6 heteroatoms. The maximum absolute atomic E-state index is 11.4. The zero-order valence-corrected chi connectivity index (χ0v) is 11.5. The van der Waals surface area contributed by atoms with Gasteiger partial charge in [0.05, 0.1) is 7.11 Å². The summed E-state index contributed by atoms with van der Waals surface area (Å²) in [5.74, 6) is -0.899. The van der Waals surface area contributed by atoms with Crippen molar-refractivity contribution in [3.8, 4) is 0 Å². The Morgan fingerprint density at radius 3 is 2.47 bits per heavy atom. The Morgan fingerprint density at radius 1 is 1.26 bits per heavy atom. The molecule has 1 rings (SSSR count). The van der Waals surface area contributed by atoms with Gasteiger partial charge in [-0.2, -0.15) is 0 Å². The molecule has 0 spiro atoms. The van der Waals surface area contributed by atoms with E-state index in [1.807, 2.05) is 30.3 Å². The predicted octanol–water partition coefficient (Wildman–Crippen LogP) is 1.43. The number of hydrogen-bond acceptors (Lipinski definition) is 5. The molecular weight excluding hydrogens is 270 g/mol. The van der Waals surface area contributed by atoms with Gasteiger partial charge in [-0.1, -0.05) is 30.3 Å². The minimum absolute atomic E-state index is 0. The summed E-state index contributed by atoms with van der Waals surface area (Å²) in [4.78, 5) is 22.4. The SMILES string of the molecule is COC(=O)[C@@H](N)CCC(=O)OCc1ccccc1.Cl. The number of esters is 2. The van der Waals surface area contributed by atoms with Crippen molar-refractivity contribution >= 4 is 24.3 Å². The normalized spacial score (nSPS) is 11.1. The van der Waals surface area contributed by atoms with Gasteiger partial charge in [0.2, 0.25) is 0 Å². The van der Waals surface area contributed by atoms with Crippen LogP contribution in [0.1, 0.15) is 18.4 Å². The highest BCUT2D eigenvalue weighted by Gasteiger charge is 2.15. The fraction of sp³-hybridized carbons (Fsp3) is 0.385. The highest BCUT2D eigenvalue weighted by atomic mass is 35.5. The summed E-state index contributed by atoms with van der Waals surface area (Å²) in [6, 6.07) is 8.59. The molecule has 0 radical (unpaired) electrons. The largest absolute Gasteiger partial charge is 0.468 e. The van der Waals surface area contributed by atoms with Gasteiger partial charge in [-0.05, 0) is 12.0 Å². The van der Waals surface area contributed by atoms with E-state index in [2.05, 4.69) is 4.74 Å². The molecule has 0 unspecified atom stereocenters. The lowest BCUT2D eigenvalue weighted by Crippen LogP contribution is -2.32. The second kappa shape index (κ2) is 9.35. The van der Waals surface area contributed by atoms with E-state index in [9.17, 15) is 9.59 Å². The van der Waals surface area contributed by atoms with E-state index in [0.717, 1.165) is 5.56 Å². The summed E-state index contributed by atoms with van der Waals surface area (Å²) < 4.78 is 9.50. The average Bonchev–Trinajstić information content (AvgIpc) is 2.42. The number of nitrogens with two attached hydrogens (primary N) is 1. The van der Waals surface area contributed by atoms with E-state index < -0.39 is 12.0 Å². The van der Waals surface area contributed by atoms with Crippen molar-refractivity contribution in [3.63, 3.8) is 0 Å². The fourth-order valence-electron chi connectivity index (χ4n) is 1.35. The van der Waals surface area contributed by atoms with E-state index in [1.54, 1.807) is 0 Å². The van der Waals surface area contributed by atoms with Crippen molar-refractivity contribution < 1.29 is 19.1 Å². The van der Waals surface area contributed by atoms with Crippen LogP contribution in [0.5, 0.6) is 0 Å². The molecule has 1 atom stereocenters. The molecule has 0 bridgehead atoms. The Labute approximate surface area is 118 Å². The molecule has 0 aliphatic carbocycles. The molecule has 0 amide bonds. The Bertz CT molecular complexity index is 397. The Kier molecular flexibility index (Phi) is 8.57. The van der Waals surface area contributed by atoms with Crippen molar-refractivity contribution in [3.05, 3.63) is 35.9 Å². The molecular formula is C13H18ClNO4. The van der Waals surface area contributed by atoms with Crippen LogP contribution in [0.15, 0.2) is 30.3 Å². The van der Waals surface area contributed by atoms with Crippen molar-refractivity contribution in [2.75, 3.05) is 7.11 Å². The lowest BCUT2D eigenvalue weighted by Gasteiger charge is -2.09. The van der Waals surface area contributed by atoms with Gasteiger partial charge >= 0.3 is 11.9 Å². The van der Waals surface area contributed by atoms with E-state index in [1.165, 1.54) is 7.11 Å². The lowest BCUT2D eigenvalue weighted by atomic mass is 10.2. The molecule has 0 fully saturated rings. The predicted molar refractivity (Wildman–Crippen MR) is 72.7 cm³/mol. The van der Waals surface area contributed by atoms with Gasteiger partial charge in [-0.15, -0.1) is 12.4 Å². The first-order valence-electron chi connectivity index (χ1n) is 5.66. The molecule has 0 saturated heterocycles. The van der Waals surface area contributed by atoms with Gasteiger partial charge in [0.15, 0.2) is 0 Å². The van der Waals surface area contributed by atoms with Crippen LogP contribution in [0.3, 0.4) is 0 Å². The minimum atomic E-state index is -0.778. The quantitative estimate of drug-likeness (QED) is 0.801. The van der Waals surface area contributed by atoms with Crippen LogP contribution in [-0.4, -0.2) is 25.1 Å². The Balaban J connectivity index is 0.00000324. The summed E-state index contributed by atoms with van der Waals surface area (Å²) in [7, 11) is 1.26. The molecule has 0 aliphatic rings. The van der Waals surface area contributed by atoms with Gasteiger partial charge in [0.1, 0.15) is 12.6 Å². The number of ether oxygens (including phenoxy) is 2. The number of benzene rings is 1. The number of halogens is 1. The van der Waals surface area contributed by atoms with Gasteiger partial charge in [-0.25, -0.2) is 0 Å². The topological polar surface area (TPSA) is 78.6 Å². The second-order valence-corrected chi connectivity index (χ2v) is 3.81. The molecule has 0 heterocycles. The summed E-state index contributed by atoms with van der Waals surface area (Å²) in [5, 5.41) is 0. The second-order valence-electron chi connectivity index (χ2n) is 3.81. The van der Waals surface area contributed by atoms with Gasteiger partial charge in [0, 0.05) is 6.42 Å². The first-order valence-corrected chi connectivity index (χ1v) is 5.66. The average molecular weight is 288 g/mol. The number of rotatable bonds is 6. The zero-order valence-electron chi connectivity index (χ0n) is 10.7. The van der Waals surface area contributed by atoms with Crippen molar-refractivity contribution in [1.29, 1.82) is 0 Å². The first kappa shape index (κ1) is 17.4. The van der Waals surface area contributed by atoms with Crippen LogP contribution >= 0.6 is 12.4 Å². The molecule has 19 heavy (non-hydrogen) atoms. The lowest BCUT2D eigenvalue weighted by molar-refractivity contribution is -0.146. The maximum Gasteiger partial charge on any atom is 0.322 e. The number of carbonyl (C=O) groups is 2. The summed E-state index contributed by atoms with van der Waals surface area (Å²) >= 11 is 0. The Hall–Kier alpha value is -1.59. The van der Waals surface area contributed by atoms with Crippen molar-refractivity contribution in [2.24, 2.45) is 5.73 Å². The van der Waals surface area contributed by atoms with Gasteiger partial charge in [-0.3, -0.25) is 9.59 Å². The zero-order chi connectivity index (χ0) is 13.4. The van der Waals surface area contributed by atoms with Crippen LogP contribution in [0, 0.1) is 0 Å². The van der Waals surface area contributed by atoms with Gasteiger partial charge in [0.25, 0.3) is 0 Å². The fourth-order valence-corrected chi connectivity index (χ4v) is 1.35. The van der Waals surface area contributed by atoms with Crippen LogP contribution in [0.4, 0.5) is 0 Å². The van der Waals surface area contributed by atoms with Crippen LogP contribution in [0.25, 0.3) is 0 Å². The molecule has 5 nitrogen and oxygen atoms in total. The molecule has 106 valence electrons. The third-order valence-electron chi connectivity index (χ3n) is 2.41. The molecule has 1 aromatic rings. The number of methoxy groups -OCH3 is 1. The van der Waals surface area contributed by atoms with Crippen LogP contribution in [-0.2, 0) is 25.7 Å². The Morgan fingerprint density at radius 2 is 1.89 bits per heavy atom. The maximum atomic E-state index is 11.4. The summed E-state index contributed by atoms with van der Waals surface area (Å²) in [5.41, 5.74) is 6.42. The monoisotopic (exact) mass is 287 g/mol. The standard InChI is InChI=1S/C13H17NO4.ClH/c1-17-13(16)11(14)7-8-12(15)18-9-10-5-3-2-4-6-10;/h2-6,11H,7-9,14H2,1H3;1H/t11-;/m0./s1. The summed E-state index contributed by atoms with van der Waals surface area (Å²) in [6.45, 7) is 0.229. The molecule has 0 saturated carbocycles. The summed E-state index contributed by atoms with van der Waals surface area (Å²) in [6.07, 6.45) is 0.323. The van der Waals surface area contributed by atoms with Crippen LogP contribution < -0.4 is 5.73 Å². The molecule has 0 aromatic heterocycles. The third-order valence-corrected chi connectivity index (χ3v) is 2.41. The molecule has 0 aliphatic heterocycles. The van der Waals surface area contributed by atoms with E-state index in [-0.39, 0.29) is 37.8 Å². The number of hydrogen-bond donors (Lipinski definition) is 1. The number of carbonyl (C=O) groups excluding carboxylic acids is 2. The third kappa shape index (κ3) is 6.79. The smallest absolute Gasteiger partial charge is 0.322 e. The molecule has 1 aromatic carbocycles.